The molecule has 1 aliphatic heterocycles. The van der Waals surface area contributed by atoms with Crippen LogP contribution in [0.25, 0.3) is 0 Å². The summed E-state index contributed by atoms with van der Waals surface area (Å²) in [7, 11) is 3.17. The molecule has 7 heteroatoms. The van der Waals surface area contributed by atoms with Crippen LogP contribution in [-0.2, 0) is 4.79 Å². The van der Waals surface area contributed by atoms with Gasteiger partial charge in [0, 0.05) is 11.4 Å². The van der Waals surface area contributed by atoms with E-state index in [-0.39, 0.29) is 5.91 Å². The SMILES string of the molecule is COc1ccc(C2NC(=S)NC(C)=C2C(=O)Nc2cccc(C)c2C)cc1OC. The topological polar surface area (TPSA) is 71.6 Å². The summed E-state index contributed by atoms with van der Waals surface area (Å²) in [5.74, 6) is 1.01. The van der Waals surface area contributed by atoms with E-state index in [9.17, 15) is 4.79 Å². The van der Waals surface area contributed by atoms with E-state index in [1.807, 2.05) is 57.2 Å². The minimum absolute atomic E-state index is 0.196. The predicted molar refractivity (Wildman–Crippen MR) is 118 cm³/mol. The van der Waals surface area contributed by atoms with Crippen LogP contribution in [0.4, 0.5) is 5.69 Å². The van der Waals surface area contributed by atoms with Crippen LogP contribution in [0.1, 0.15) is 29.7 Å². The van der Waals surface area contributed by atoms with Gasteiger partial charge in [0.05, 0.1) is 25.8 Å². The molecule has 2 aromatic carbocycles. The summed E-state index contributed by atoms with van der Waals surface area (Å²) < 4.78 is 10.7. The number of anilines is 1. The molecule has 29 heavy (non-hydrogen) atoms. The van der Waals surface area contributed by atoms with Crippen LogP contribution in [0.15, 0.2) is 47.7 Å². The van der Waals surface area contributed by atoms with Crippen molar-refractivity contribution in [2.45, 2.75) is 26.8 Å². The smallest absolute Gasteiger partial charge is 0.255 e. The van der Waals surface area contributed by atoms with Crippen LogP contribution >= 0.6 is 12.2 Å². The quantitative estimate of drug-likeness (QED) is 0.651. The van der Waals surface area contributed by atoms with Crippen LogP contribution < -0.4 is 25.4 Å². The molecule has 3 rings (SSSR count). The molecule has 1 aliphatic rings. The number of aryl methyl sites for hydroxylation is 1. The van der Waals surface area contributed by atoms with Crippen molar-refractivity contribution in [2.24, 2.45) is 0 Å². The molecule has 0 radical (unpaired) electrons. The lowest BCUT2D eigenvalue weighted by molar-refractivity contribution is -0.113. The molecule has 0 saturated carbocycles. The van der Waals surface area contributed by atoms with Gasteiger partial charge in [0.2, 0.25) is 0 Å². The fourth-order valence-electron chi connectivity index (χ4n) is 3.35. The molecule has 1 amide bonds. The highest BCUT2D eigenvalue weighted by atomic mass is 32.1. The van der Waals surface area contributed by atoms with Gasteiger partial charge >= 0.3 is 0 Å². The van der Waals surface area contributed by atoms with E-state index >= 15 is 0 Å². The van der Waals surface area contributed by atoms with E-state index in [4.69, 9.17) is 21.7 Å². The predicted octanol–water partition coefficient (Wildman–Crippen LogP) is 3.75. The van der Waals surface area contributed by atoms with Gasteiger partial charge in [0.1, 0.15) is 0 Å². The van der Waals surface area contributed by atoms with Crippen LogP contribution in [0.3, 0.4) is 0 Å². The Kier molecular flexibility index (Phi) is 6.08. The molecule has 152 valence electrons. The van der Waals surface area contributed by atoms with Crippen LogP contribution in [-0.4, -0.2) is 25.2 Å². The molecule has 0 bridgehead atoms. The third kappa shape index (κ3) is 4.19. The summed E-state index contributed by atoms with van der Waals surface area (Å²) in [5.41, 5.74) is 5.05. The molecular weight excluding hydrogens is 386 g/mol. The lowest BCUT2D eigenvalue weighted by Crippen LogP contribution is -2.45. The van der Waals surface area contributed by atoms with Crippen molar-refractivity contribution in [3.05, 3.63) is 64.4 Å². The molecule has 1 heterocycles. The molecule has 3 N–H and O–H groups in total. The van der Waals surface area contributed by atoms with E-state index in [1.165, 1.54) is 0 Å². The minimum atomic E-state index is -0.423. The van der Waals surface area contributed by atoms with E-state index in [2.05, 4.69) is 16.0 Å². The summed E-state index contributed by atoms with van der Waals surface area (Å²) in [6.07, 6.45) is 0. The Morgan fingerprint density at radius 2 is 1.79 bits per heavy atom. The van der Waals surface area contributed by atoms with Crippen LogP contribution in [0.5, 0.6) is 11.5 Å². The lowest BCUT2D eigenvalue weighted by Gasteiger charge is -2.31. The van der Waals surface area contributed by atoms with E-state index in [0.29, 0.717) is 27.9 Å². The minimum Gasteiger partial charge on any atom is -0.493 e. The standard InChI is InChI=1S/C22H25N3O3S/c1-12-7-6-8-16(13(12)2)24-21(26)19-14(3)23-22(29)25-20(19)15-9-10-17(27-4)18(11-15)28-5/h6-11,20H,1-5H3,(H,24,26)(H2,23,25,29). The average molecular weight is 412 g/mol. The number of methoxy groups -OCH3 is 2. The molecular formula is C22H25N3O3S. The van der Waals surface area contributed by atoms with Gasteiger partial charge in [-0.1, -0.05) is 18.2 Å². The summed E-state index contributed by atoms with van der Waals surface area (Å²) in [6, 6.07) is 11.0. The van der Waals surface area contributed by atoms with Crippen molar-refractivity contribution in [2.75, 3.05) is 19.5 Å². The first-order valence-corrected chi connectivity index (χ1v) is 9.64. The summed E-state index contributed by atoms with van der Waals surface area (Å²) >= 11 is 5.33. The molecule has 0 fully saturated rings. The Morgan fingerprint density at radius 3 is 2.48 bits per heavy atom. The Hall–Kier alpha value is -3.06. The van der Waals surface area contributed by atoms with Gasteiger partial charge in [-0.2, -0.15) is 0 Å². The number of carbonyl (C=O) groups excluding carboxylic acids is 1. The number of hydrogen-bond donors (Lipinski definition) is 3. The molecule has 0 spiro atoms. The number of nitrogens with one attached hydrogen (secondary N) is 3. The number of amides is 1. The zero-order valence-electron chi connectivity index (χ0n) is 17.2. The van der Waals surface area contributed by atoms with Gasteiger partial charge in [-0.15, -0.1) is 0 Å². The van der Waals surface area contributed by atoms with Gasteiger partial charge in [0.15, 0.2) is 16.6 Å². The second-order valence-corrected chi connectivity index (χ2v) is 7.29. The first-order valence-electron chi connectivity index (χ1n) is 9.23. The average Bonchev–Trinajstić information content (AvgIpc) is 2.70. The normalized spacial score (nSPS) is 16.0. The maximum absolute atomic E-state index is 13.3. The first-order chi connectivity index (χ1) is 13.8. The molecule has 6 nitrogen and oxygen atoms in total. The van der Waals surface area contributed by atoms with Gasteiger partial charge in [-0.3, -0.25) is 4.79 Å². The summed E-state index contributed by atoms with van der Waals surface area (Å²) in [5, 5.41) is 9.76. The lowest BCUT2D eigenvalue weighted by atomic mass is 9.94. The maximum Gasteiger partial charge on any atom is 0.255 e. The maximum atomic E-state index is 13.3. The highest BCUT2D eigenvalue weighted by Gasteiger charge is 2.30. The van der Waals surface area contributed by atoms with Crippen molar-refractivity contribution in [1.29, 1.82) is 0 Å². The number of thiocarbonyl (C=S) groups is 1. The fraction of sp³-hybridized carbons (Fsp3) is 0.273. The monoisotopic (exact) mass is 411 g/mol. The van der Waals surface area contributed by atoms with Gasteiger partial charge in [-0.05, 0) is 67.9 Å². The number of hydrogen-bond acceptors (Lipinski definition) is 4. The Bertz CT molecular complexity index is 1000. The Labute approximate surface area is 176 Å². The van der Waals surface area contributed by atoms with Crippen molar-refractivity contribution >= 4 is 28.9 Å². The summed E-state index contributed by atoms with van der Waals surface area (Å²) in [4.78, 5) is 13.3. The molecule has 0 aromatic heterocycles. The number of rotatable bonds is 5. The van der Waals surface area contributed by atoms with E-state index in [1.54, 1.807) is 14.2 Å². The summed E-state index contributed by atoms with van der Waals surface area (Å²) in [6.45, 7) is 5.85. The van der Waals surface area contributed by atoms with Gasteiger partial charge in [0.25, 0.3) is 5.91 Å². The first kappa shape index (κ1) is 20.7. The van der Waals surface area contributed by atoms with E-state index < -0.39 is 6.04 Å². The van der Waals surface area contributed by atoms with Crippen molar-refractivity contribution < 1.29 is 14.3 Å². The Balaban J connectivity index is 2.00. The van der Waals surface area contributed by atoms with Crippen molar-refractivity contribution in [3.63, 3.8) is 0 Å². The highest BCUT2D eigenvalue weighted by Crippen LogP contribution is 2.34. The Morgan fingerprint density at radius 1 is 1.07 bits per heavy atom. The number of ether oxygens (including phenoxy) is 2. The molecule has 0 aliphatic carbocycles. The van der Waals surface area contributed by atoms with Gasteiger partial charge in [-0.25, -0.2) is 0 Å². The second-order valence-electron chi connectivity index (χ2n) is 6.89. The molecule has 0 saturated heterocycles. The molecule has 1 atom stereocenters. The third-order valence-electron chi connectivity index (χ3n) is 5.11. The highest BCUT2D eigenvalue weighted by molar-refractivity contribution is 7.80. The van der Waals surface area contributed by atoms with Crippen LogP contribution in [0.2, 0.25) is 0 Å². The van der Waals surface area contributed by atoms with E-state index in [0.717, 1.165) is 22.4 Å². The van der Waals surface area contributed by atoms with Crippen molar-refractivity contribution in [3.8, 4) is 11.5 Å². The molecule has 1 unspecified atom stereocenters. The fourth-order valence-corrected chi connectivity index (χ4v) is 3.62. The number of allylic oxidation sites excluding steroid dienone is 1. The van der Waals surface area contributed by atoms with Crippen molar-refractivity contribution in [1.82, 2.24) is 10.6 Å². The zero-order valence-corrected chi connectivity index (χ0v) is 18.0. The third-order valence-corrected chi connectivity index (χ3v) is 5.33. The largest absolute Gasteiger partial charge is 0.493 e. The van der Waals surface area contributed by atoms with Crippen LogP contribution in [0, 0.1) is 13.8 Å². The molecule has 2 aromatic rings. The number of carbonyl (C=O) groups is 1. The van der Waals surface area contributed by atoms with Gasteiger partial charge < -0.3 is 25.4 Å². The second kappa shape index (κ2) is 8.53. The number of benzene rings is 2. The zero-order chi connectivity index (χ0) is 21.1.